The van der Waals surface area contributed by atoms with Gasteiger partial charge in [-0.3, -0.25) is 4.98 Å². The van der Waals surface area contributed by atoms with Crippen molar-refractivity contribution in [3.63, 3.8) is 0 Å². The third-order valence-electron chi connectivity index (χ3n) is 3.23. The van der Waals surface area contributed by atoms with Gasteiger partial charge in [0.1, 0.15) is 5.52 Å². The van der Waals surface area contributed by atoms with Gasteiger partial charge in [0, 0.05) is 12.2 Å². The van der Waals surface area contributed by atoms with E-state index in [0.29, 0.717) is 12.0 Å². The summed E-state index contributed by atoms with van der Waals surface area (Å²) < 4.78 is 2.15. The van der Waals surface area contributed by atoms with Crippen LogP contribution in [0, 0.1) is 5.92 Å². The summed E-state index contributed by atoms with van der Waals surface area (Å²) in [6.07, 6.45) is 5.97. The number of nitrogen functional groups attached to an aromatic ring is 1. The lowest BCUT2D eigenvalue weighted by Gasteiger charge is -2.34. The first kappa shape index (κ1) is 8.71. The molecule has 0 radical (unpaired) electrons. The molecule has 2 aromatic heterocycles. The lowest BCUT2D eigenvalue weighted by Crippen LogP contribution is -2.25. The Morgan fingerprint density at radius 1 is 1.47 bits per heavy atom. The third-order valence-corrected chi connectivity index (χ3v) is 3.23. The van der Waals surface area contributed by atoms with Crippen molar-refractivity contribution in [2.45, 2.75) is 25.8 Å². The summed E-state index contributed by atoms with van der Waals surface area (Å²) in [6, 6.07) is 2.52. The number of fused-ring (bicyclic) bond motifs is 1. The number of anilines is 1. The Balaban J connectivity index is 2.12. The van der Waals surface area contributed by atoms with Crippen LogP contribution in [0.3, 0.4) is 0 Å². The maximum absolute atomic E-state index is 5.93. The molecule has 0 aromatic carbocycles. The van der Waals surface area contributed by atoms with Crippen LogP contribution < -0.4 is 5.73 Å². The van der Waals surface area contributed by atoms with Crippen molar-refractivity contribution < 1.29 is 0 Å². The average molecular weight is 202 g/mol. The van der Waals surface area contributed by atoms with Crippen molar-refractivity contribution in [3.8, 4) is 0 Å². The Kier molecular flexibility index (Phi) is 1.71. The zero-order valence-corrected chi connectivity index (χ0v) is 8.72. The van der Waals surface area contributed by atoms with Crippen molar-refractivity contribution >= 4 is 17.0 Å². The van der Waals surface area contributed by atoms with Gasteiger partial charge in [-0.15, -0.1) is 0 Å². The van der Waals surface area contributed by atoms with Gasteiger partial charge in [-0.1, -0.05) is 6.92 Å². The van der Waals surface area contributed by atoms with Crippen LogP contribution in [0.1, 0.15) is 25.8 Å². The Morgan fingerprint density at radius 2 is 2.27 bits per heavy atom. The molecule has 1 aliphatic rings. The molecule has 0 spiro atoms. The molecule has 1 saturated carbocycles. The molecule has 0 saturated heterocycles. The second kappa shape index (κ2) is 2.95. The molecule has 4 heteroatoms. The standard InChI is InChI=1S/C11H14N4/c1-7-4-8(5-7)15-10-2-3-13-6-9(10)14-11(15)12/h2-3,6-8H,4-5H2,1H3,(H2,12,14). The fraction of sp³-hybridized carbons (Fsp3) is 0.455. The van der Waals surface area contributed by atoms with Gasteiger partial charge < -0.3 is 10.3 Å². The van der Waals surface area contributed by atoms with Gasteiger partial charge in [-0.25, -0.2) is 4.98 Å². The number of hydrogen-bond donors (Lipinski definition) is 1. The van der Waals surface area contributed by atoms with Crippen LogP contribution in [-0.2, 0) is 0 Å². The van der Waals surface area contributed by atoms with Gasteiger partial charge >= 0.3 is 0 Å². The van der Waals surface area contributed by atoms with Crippen molar-refractivity contribution in [1.82, 2.24) is 14.5 Å². The third kappa shape index (κ3) is 1.21. The van der Waals surface area contributed by atoms with Crippen molar-refractivity contribution in [1.29, 1.82) is 0 Å². The number of hydrogen-bond acceptors (Lipinski definition) is 3. The molecule has 4 nitrogen and oxygen atoms in total. The van der Waals surface area contributed by atoms with Gasteiger partial charge in [0.2, 0.25) is 5.95 Å². The number of aromatic nitrogens is 3. The van der Waals surface area contributed by atoms with E-state index in [-0.39, 0.29) is 0 Å². The summed E-state index contributed by atoms with van der Waals surface area (Å²) in [5.41, 5.74) is 7.94. The molecule has 78 valence electrons. The van der Waals surface area contributed by atoms with Gasteiger partial charge in [0.15, 0.2) is 0 Å². The molecule has 15 heavy (non-hydrogen) atoms. The molecule has 0 bridgehead atoms. The van der Waals surface area contributed by atoms with Gasteiger partial charge in [0.25, 0.3) is 0 Å². The minimum atomic E-state index is 0.535. The first-order chi connectivity index (χ1) is 7.25. The Hall–Kier alpha value is -1.58. The van der Waals surface area contributed by atoms with E-state index >= 15 is 0 Å². The number of nitrogens with two attached hydrogens (primary N) is 1. The Bertz CT molecular complexity index is 496. The summed E-state index contributed by atoms with van der Waals surface area (Å²) in [7, 11) is 0. The largest absolute Gasteiger partial charge is 0.369 e. The molecule has 2 N–H and O–H groups in total. The van der Waals surface area contributed by atoms with Gasteiger partial charge in [0.05, 0.1) is 11.7 Å². The van der Waals surface area contributed by atoms with Gasteiger partial charge in [-0.05, 0) is 24.8 Å². The summed E-state index contributed by atoms with van der Waals surface area (Å²) in [5, 5.41) is 0. The lowest BCUT2D eigenvalue weighted by molar-refractivity contribution is 0.223. The van der Waals surface area contributed by atoms with Crippen LogP contribution in [0.2, 0.25) is 0 Å². The van der Waals surface area contributed by atoms with E-state index < -0.39 is 0 Å². The van der Waals surface area contributed by atoms with Crippen LogP contribution >= 0.6 is 0 Å². The number of nitrogens with zero attached hydrogens (tertiary/aromatic N) is 3. The fourth-order valence-electron chi connectivity index (χ4n) is 2.42. The highest BCUT2D eigenvalue weighted by atomic mass is 15.2. The SMILES string of the molecule is CC1CC(n2c(N)nc3cnccc32)C1. The maximum Gasteiger partial charge on any atom is 0.201 e. The number of pyridine rings is 1. The second-order valence-corrected chi connectivity index (χ2v) is 4.43. The molecule has 0 atom stereocenters. The van der Waals surface area contributed by atoms with E-state index in [1.165, 1.54) is 12.8 Å². The Labute approximate surface area is 88.1 Å². The molecule has 1 fully saturated rings. The molecule has 0 unspecified atom stereocenters. The molecule has 2 aromatic rings. The van der Waals surface area contributed by atoms with E-state index in [1.807, 2.05) is 6.07 Å². The van der Waals surface area contributed by atoms with Crippen molar-refractivity contribution in [3.05, 3.63) is 18.5 Å². The van der Waals surface area contributed by atoms with Gasteiger partial charge in [-0.2, -0.15) is 0 Å². The monoisotopic (exact) mass is 202 g/mol. The highest BCUT2D eigenvalue weighted by molar-refractivity contribution is 5.77. The van der Waals surface area contributed by atoms with Crippen LogP contribution in [0.4, 0.5) is 5.95 Å². The molecular formula is C11H14N4. The zero-order chi connectivity index (χ0) is 10.4. The smallest absolute Gasteiger partial charge is 0.201 e. The lowest BCUT2D eigenvalue weighted by atomic mass is 9.81. The predicted octanol–water partition coefficient (Wildman–Crippen LogP) is 1.98. The van der Waals surface area contributed by atoms with Crippen molar-refractivity contribution in [2.75, 3.05) is 5.73 Å². The quantitative estimate of drug-likeness (QED) is 0.769. The molecular weight excluding hydrogens is 188 g/mol. The molecule has 0 aliphatic heterocycles. The first-order valence-electron chi connectivity index (χ1n) is 5.33. The summed E-state index contributed by atoms with van der Waals surface area (Å²) >= 11 is 0. The average Bonchev–Trinajstić information content (AvgIpc) is 2.49. The van der Waals surface area contributed by atoms with Crippen LogP contribution in [0.25, 0.3) is 11.0 Å². The topological polar surface area (TPSA) is 56.7 Å². The molecule has 0 amide bonds. The normalized spacial score (nSPS) is 25.4. The minimum Gasteiger partial charge on any atom is -0.369 e. The van der Waals surface area contributed by atoms with Crippen LogP contribution in [0.5, 0.6) is 0 Å². The molecule has 1 aliphatic carbocycles. The number of rotatable bonds is 1. The molecule has 3 rings (SSSR count). The summed E-state index contributed by atoms with van der Waals surface area (Å²) in [4.78, 5) is 8.37. The maximum atomic E-state index is 5.93. The highest BCUT2D eigenvalue weighted by Gasteiger charge is 2.29. The van der Waals surface area contributed by atoms with E-state index in [2.05, 4.69) is 21.5 Å². The minimum absolute atomic E-state index is 0.535. The van der Waals surface area contributed by atoms with Crippen molar-refractivity contribution in [2.24, 2.45) is 5.92 Å². The van der Waals surface area contributed by atoms with E-state index in [0.717, 1.165) is 17.0 Å². The van der Waals surface area contributed by atoms with Crippen LogP contribution in [-0.4, -0.2) is 14.5 Å². The Morgan fingerprint density at radius 3 is 3.00 bits per heavy atom. The summed E-state index contributed by atoms with van der Waals surface area (Å²) in [5.74, 6) is 1.43. The van der Waals surface area contributed by atoms with E-state index in [4.69, 9.17) is 5.73 Å². The number of imidazole rings is 1. The zero-order valence-electron chi connectivity index (χ0n) is 8.72. The summed E-state index contributed by atoms with van der Waals surface area (Å²) in [6.45, 7) is 2.27. The second-order valence-electron chi connectivity index (χ2n) is 4.43. The van der Waals surface area contributed by atoms with E-state index in [1.54, 1.807) is 12.4 Å². The van der Waals surface area contributed by atoms with Crippen LogP contribution in [0.15, 0.2) is 18.5 Å². The van der Waals surface area contributed by atoms with E-state index in [9.17, 15) is 0 Å². The first-order valence-corrected chi connectivity index (χ1v) is 5.33. The highest BCUT2D eigenvalue weighted by Crippen LogP contribution is 2.40. The fourth-order valence-corrected chi connectivity index (χ4v) is 2.42. The molecule has 2 heterocycles. The predicted molar refractivity (Wildman–Crippen MR) is 59.4 cm³/mol.